The molecule has 0 radical (unpaired) electrons. The second kappa shape index (κ2) is 6.34. The summed E-state index contributed by atoms with van der Waals surface area (Å²) in [4.78, 5) is 30.6. The molecule has 9 heteroatoms. The number of nitrogens with zero attached hydrogens (tertiary/aromatic N) is 6. The molecule has 1 aliphatic rings. The van der Waals surface area contributed by atoms with E-state index in [0.29, 0.717) is 26.2 Å². The highest BCUT2D eigenvalue weighted by molar-refractivity contribution is 5.91. The largest absolute Gasteiger partial charge is 0.351 e. The van der Waals surface area contributed by atoms with Crippen LogP contribution in [0.5, 0.6) is 0 Å². The molecule has 0 aliphatic carbocycles. The van der Waals surface area contributed by atoms with Crippen molar-refractivity contribution in [3.8, 4) is 0 Å². The summed E-state index contributed by atoms with van der Waals surface area (Å²) in [7, 11) is 0. The number of carbonyl (C=O) groups is 1. The third-order valence-electron chi connectivity index (χ3n) is 4.22. The van der Waals surface area contributed by atoms with Gasteiger partial charge >= 0.3 is 0 Å². The van der Waals surface area contributed by atoms with Gasteiger partial charge in [0.1, 0.15) is 5.82 Å². The van der Waals surface area contributed by atoms with Crippen LogP contribution in [0.15, 0.2) is 52.3 Å². The van der Waals surface area contributed by atoms with Gasteiger partial charge < -0.3 is 14.0 Å². The van der Waals surface area contributed by atoms with Crippen LogP contribution < -0.4 is 5.56 Å². The Morgan fingerprint density at radius 3 is 2.96 bits per heavy atom. The first-order chi connectivity index (χ1) is 12.2. The van der Waals surface area contributed by atoms with E-state index in [0.717, 1.165) is 5.82 Å². The summed E-state index contributed by atoms with van der Waals surface area (Å²) in [6.45, 7) is 1.90. The van der Waals surface area contributed by atoms with Gasteiger partial charge in [0.25, 0.3) is 11.5 Å². The van der Waals surface area contributed by atoms with Crippen molar-refractivity contribution in [2.24, 2.45) is 5.92 Å². The molecule has 0 saturated carbocycles. The van der Waals surface area contributed by atoms with Gasteiger partial charge in [-0.3, -0.25) is 9.59 Å². The maximum Gasteiger partial charge on any atom is 0.292 e. The molecule has 3 aromatic rings. The number of fused-ring (bicyclic) bond motifs is 1. The minimum atomic E-state index is -0.243. The van der Waals surface area contributed by atoms with Gasteiger partial charge in [-0.25, -0.2) is 9.67 Å². The molecule has 25 heavy (non-hydrogen) atoms. The van der Waals surface area contributed by atoms with E-state index in [1.54, 1.807) is 23.4 Å². The molecule has 9 nitrogen and oxygen atoms in total. The van der Waals surface area contributed by atoms with E-state index in [4.69, 9.17) is 4.52 Å². The number of amides is 1. The molecule has 0 N–H and O–H groups in total. The van der Waals surface area contributed by atoms with Gasteiger partial charge in [-0.05, 0) is 6.07 Å². The van der Waals surface area contributed by atoms with E-state index < -0.39 is 0 Å². The van der Waals surface area contributed by atoms with Crippen molar-refractivity contribution in [2.45, 2.75) is 19.6 Å². The summed E-state index contributed by atoms with van der Waals surface area (Å²) in [5.41, 5.74) is -0.161. The standard InChI is InChI=1S/C16H16N6O3/c23-15-2-1-4-18-22(15)10-12-8-20-7-6-17-14(20)11-21(9-12)16(24)13-3-5-19-25-13/h1-7,12H,8-11H2. The monoisotopic (exact) mass is 340 g/mol. The van der Waals surface area contributed by atoms with Crippen LogP contribution in [0.25, 0.3) is 0 Å². The van der Waals surface area contributed by atoms with E-state index in [-0.39, 0.29) is 23.1 Å². The van der Waals surface area contributed by atoms with Gasteiger partial charge in [0.05, 0.1) is 19.3 Å². The molecule has 4 heterocycles. The third kappa shape index (κ3) is 3.08. The Hall–Kier alpha value is -3.23. The van der Waals surface area contributed by atoms with Gasteiger partial charge in [0, 0.05) is 49.7 Å². The molecular weight excluding hydrogens is 324 g/mol. The van der Waals surface area contributed by atoms with Crippen LogP contribution in [-0.2, 0) is 19.6 Å². The molecule has 1 amide bonds. The van der Waals surface area contributed by atoms with Gasteiger partial charge in [0.2, 0.25) is 5.76 Å². The first-order valence-corrected chi connectivity index (χ1v) is 7.93. The number of hydrogen-bond acceptors (Lipinski definition) is 6. The van der Waals surface area contributed by atoms with Gasteiger partial charge in [-0.2, -0.15) is 5.10 Å². The van der Waals surface area contributed by atoms with Crippen molar-refractivity contribution in [1.29, 1.82) is 0 Å². The Kier molecular flexibility index (Phi) is 3.88. The molecular formula is C16H16N6O3. The summed E-state index contributed by atoms with van der Waals surface area (Å²) in [6.07, 6.45) is 6.61. The summed E-state index contributed by atoms with van der Waals surface area (Å²) >= 11 is 0. The molecule has 0 saturated heterocycles. The van der Waals surface area contributed by atoms with Crippen LogP contribution in [-0.4, -0.2) is 41.8 Å². The Balaban J connectivity index is 1.62. The highest BCUT2D eigenvalue weighted by Crippen LogP contribution is 2.18. The lowest BCUT2D eigenvalue weighted by atomic mass is 10.1. The normalized spacial score (nSPS) is 17.1. The Labute approximate surface area is 142 Å². The molecule has 0 aromatic carbocycles. The van der Waals surface area contributed by atoms with E-state index in [2.05, 4.69) is 15.2 Å². The SMILES string of the molecule is O=C(c1ccno1)N1Cc2nccn2CC(Cn2ncccc2=O)C1. The van der Waals surface area contributed by atoms with Crippen LogP contribution in [0, 0.1) is 5.92 Å². The van der Waals surface area contributed by atoms with Gasteiger partial charge in [-0.15, -0.1) is 0 Å². The van der Waals surface area contributed by atoms with E-state index in [1.165, 1.54) is 23.0 Å². The van der Waals surface area contributed by atoms with Crippen LogP contribution in [0.1, 0.15) is 16.4 Å². The number of imidazole rings is 1. The first-order valence-electron chi connectivity index (χ1n) is 7.93. The smallest absolute Gasteiger partial charge is 0.292 e. The third-order valence-corrected chi connectivity index (χ3v) is 4.22. The number of rotatable bonds is 3. The van der Waals surface area contributed by atoms with Gasteiger partial charge in [0.15, 0.2) is 0 Å². The lowest BCUT2D eigenvalue weighted by molar-refractivity contribution is 0.0670. The second-order valence-electron chi connectivity index (χ2n) is 5.97. The maximum atomic E-state index is 12.7. The molecule has 128 valence electrons. The average molecular weight is 340 g/mol. The zero-order chi connectivity index (χ0) is 17.2. The fourth-order valence-electron chi connectivity index (χ4n) is 3.06. The minimum Gasteiger partial charge on any atom is -0.351 e. The molecule has 4 rings (SSSR count). The van der Waals surface area contributed by atoms with Crippen LogP contribution in [0.3, 0.4) is 0 Å². The van der Waals surface area contributed by atoms with Crippen LogP contribution in [0.4, 0.5) is 0 Å². The number of hydrogen-bond donors (Lipinski definition) is 0. The quantitative estimate of drug-likeness (QED) is 0.684. The number of carbonyl (C=O) groups excluding carboxylic acids is 1. The van der Waals surface area contributed by atoms with Crippen LogP contribution >= 0.6 is 0 Å². The van der Waals surface area contributed by atoms with Crippen molar-refractivity contribution in [3.63, 3.8) is 0 Å². The predicted molar refractivity (Wildman–Crippen MR) is 85.5 cm³/mol. The molecule has 1 aliphatic heterocycles. The summed E-state index contributed by atoms with van der Waals surface area (Å²) in [6, 6.07) is 4.63. The average Bonchev–Trinajstić information content (AvgIpc) is 3.25. The summed E-state index contributed by atoms with van der Waals surface area (Å²) in [5, 5.41) is 7.71. The highest BCUT2D eigenvalue weighted by atomic mass is 16.5. The molecule has 3 aromatic heterocycles. The van der Waals surface area contributed by atoms with E-state index in [9.17, 15) is 9.59 Å². The zero-order valence-electron chi connectivity index (χ0n) is 13.4. The lowest BCUT2D eigenvalue weighted by Gasteiger charge is -2.23. The van der Waals surface area contributed by atoms with Crippen molar-refractivity contribution in [2.75, 3.05) is 6.54 Å². The maximum absolute atomic E-state index is 12.7. The minimum absolute atomic E-state index is 0.00919. The summed E-state index contributed by atoms with van der Waals surface area (Å²) < 4.78 is 8.42. The second-order valence-corrected chi connectivity index (χ2v) is 5.97. The van der Waals surface area contributed by atoms with Crippen LogP contribution in [0.2, 0.25) is 0 Å². The lowest BCUT2D eigenvalue weighted by Crippen LogP contribution is -2.36. The Bertz CT molecular complexity index is 929. The molecule has 0 spiro atoms. The summed E-state index contributed by atoms with van der Waals surface area (Å²) in [5.74, 6) is 0.750. The fourth-order valence-corrected chi connectivity index (χ4v) is 3.06. The van der Waals surface area contributed by atoms with E-state index in [1.807, 2.05) is 10.8 Å². The molecule has 0 fully saturated rings. The zero-order valence-corrected chi connectivity index (χ0v) is 13.4. The van der Waals surface area contributed by atoms with Crippen molar-refractivity contribution in [3.05, 3.63) is 64.9 Å². The van der Waals surface area contributed by atoms with Crippen molar-refractivity contribution >= 4 is 5.91 Å². The van der Waals surface area contributed by atoms with E-state index >= 15 is 0 Å². The molecule has 1 unspecified atom stereocenters. The first kappa shape index (κ1) is 15.3. The Morgan fingerprint density at radius 2 is 2.16 bits per heavy atom. The highest BCUT2D eigenvalue weighted by Gasteiger charge is 2.28. The Morgan fingerprint density at radius 1 is 1.24 bits per heavy atom. The predicted octanol–water partition coefficient (Wildman–Crippen LogP) is 0.400. The molecule has 0 bridgehead atoms. The fraction of sp³-hybridized carbons (Fsp3) is 0.312. The topological polar surface area (TPSA) is 99.1 Å². The molecule has 1 atom stereocenters. The number of aromatic nitrogens is 5. The van der Waals surface area contributed by atoms with Crippen molar-refractivity contribution < 1.29 is 9.32 Å². The van der Waals surface area contributed by atoms with Crippen molar-refractivity contribution in [1.82, 2.24) is 29.4 Å². The van der Waals surface area contributed by atoms with Gasteiger partial charge in [-0.1, -0.05) is 5.16 Å².